The minimum atomic E-state index is -0.215. The van der Waals surface area contributed by atoms with Crippen molar-refractivity contribution in [2.24, 2.45) is 0 Å². The molecule has 0 aliphatic carbocycles. The van der Waals surface area contributed by atoms with Gasteiger partial charge in [0.1, 0.15) is 6.07 Å². The van der Waals surface area contributed by atoms with E-state index in [1.807, 2.05) is 54.6 Å². The van der Waals surface area contributed by atoms with Gasteiger partial charge in [0, 0.05) is 5.02 Å². The number of nitrogens with one attached hydrogen (secondary N) is 2. The van der Waals surface area contributed by atoms with Crippen molar-refractivity contribution in [1.82, 2.24) is 5.32 Å². The molecule has 5 heteroatoms. The number of nitrogens with zero attached hydrogens (tertiary/aromatic N) is 1. The van der Waals surface area contributed by atoms with Crippen LogP contribution < -0.4 is 10.6 Å². The van der Waals surface area contributed by atoms with Gasteiger partial charge in [0.05, 0.1) is 23.8 Å². The smallest absolute Gasteiger partial charge is 0.238 e. The number of rotatable bonds is 6. The van der Waals surface area contributed by atoms with Crippen molar-refractivity contribution in [3.63, 3.8) is 0 Å². The second kappa shape index (κ2) is 9.00. The Morgan fingerprint density at radius 2 is 1.56 bits per heavy atom. The molecule has 0 unspecified atom stereocenters. The zero-order chi connectivity index (χ0) is 19.1. The summed E-state index contributed by atoms with van der Waals surface area (Å²) < 4.78 is 0. The molecule has 4 nitrogen and oxygen atoms in total. The number of nitriles is 1. The maximum Gasteiger partial charge on any atom is 0.238 e. The van der Waals surface area contributed by atoms with Gasteiger partial charge in [-0.05, 0) is 35.4 Å². The van der Waals surface area contributed by atoms with E-state index in [1.165, 1.54) is 0 Å². The molecule has 0 spiro atoms. The number of anilines is 1. The number of carbonyl (C=O) groups is 1. The van der Waals surface area contributed by atoms with Crippen molar-refractivity contribution in [2.45, 2.75) is 6.04 Å². The van der Waals surface area contributed by atoms with Crippen LogP contribution in [0.25, 0.3) is 0 Å². The van der Waals surface area contributed by atoms with Crippen LogP contribution in [-0.4, -0.2) is 12.5 Å². The second-order valence-corrected chi connectivity index (χ2v) is 6.42. The SMILES string of the molecule is N#Cc1ccccc1NC(=O)CN[C@H](c1ccccc1)c1ccc(Cl)cc1. The first kappa shape index (κ1) is 18.7. The first-order valence-electron chi connectivity index (χ1n) is 8.50. The Morgan fingerprint density at radius 1 is 0.926 bits per heavy atom. The molecular weight excluding hydrogens is 358 g/mol. The summed E-state index contributed by atoms with van der Waals surface area (Å²) >= 11 is 6.00. The number of carbonyl (C=O) groups excluding carboxylic acids is 1. The van der Waals surface area contributed by atoms with Crippen LogP contribution in [0.1, 0.15) is 22.7 Å². The molecule has 0 heterocycles. The van der Waals surface area contributed by atoms with Crippen molar-refractivity contribution in [2.75, 3.05) is 11.9 Å². The normalized spacial score (nSPS) is 11.4. The van der Waals surface area contributed by atoms with Crippen LogP contribution in [0.5, 0.6) is 0 Å². The second-order valence-electron chi connectivity index (χ2n) is 5.98. The molecule has 3 rings (SSSR count). The van der Waals surface area contributed by atoms with E-state index >= 15 is 0 Å². The molecule has 2 N–H and O–H groups in total. The molecule has 134 valence electrons. The van der Waals surface area contributed by atoms with E-state index in [0.29, 0.717) is 16.3 Å². The largest absolute Gasteiger partial charge is 0.324 e. The summed E-state index contributed by atoms with van der Waals surface area (Å²) in [7, 11) is 0. The van der Waals surface area contributed by atoms with Gasteiger partial charge >= 0.3 is 0 Å². The first-order valence-corrected chi connectivity index (χ1v) is 8.88. The first-order chi connectivity index (χ1) is 13.2. The Bertz CT molecular complexity index is 949. The zero-order valence-electron chi connectivity index (χ0n) is 14.5. The van der Waals surface area contributed by atoms with Crippen LogP contribution in [-0.2, 0) is 4.79 Å². The summed E-state index contributed by atoms with van der Waals surface area (Å²) in [6, 6.07) is 26.3. The molecule has 0 saturated heterocycles. The molecule has 1 atom stereocenters. The van der Waals surface area contributed by atoms with Crippen molar-refractivity contribution in [1.29, 1.82) is 5.26 Å². The predicted octanol–water partition coefficient (Wildman–Crippen LogP) is 4.53. The molecule has 0 radical (unpaired) electrons. The Hall–Kier alpha value is -3.13. The lowest BCUT2D eigenvalue weighted by Crippen LogP contribution is -2.32. The third kappa shape index (κ3) is 4.95. The van der Waals surface area contributed by atoms with Gasteiger partial charge in [0.2, 0.25) is 5.91 Å². The van der Waals surface area contributed by atoms with Gasteiger partial charge in [-0.2, -0.15) is 5.26 Å². The number of hydrogen-bond acceptors (Lipinski definition) is 3. The molecule has 3 aromatic rings. The van der Waals surface area contributed by atoms with Gasteiger partial charge in [-0.3, -0.25) is 10.1 Å². The number of amides is 1. The lowest BCUT2D eigenvalue weighted by molar-refractivity contribution is -0.115. The van der Waals surface area contributed by atoms with Crippen LogP contribution in [0.15, 0.2) is 78.9 Å². The predicted molar refractivity (Wildman–Crippen MR) is 108 cm³/mol. The molecule has 0 bridgehead atoms. The van der Waals surface area contributed by atoms with E-state index in [0.717, 1.165) is 11.1 Å². The van der Waals surface area contributed by atoms with Gasteiger partial charge in [-0.15, -0.1) is 0 Å². The van der Waals surface area contributed by atoms with Gasteiger partial charge in [0.15, 0.2) is 0 Å². The Labute approximate surface area is 163 Å². The van der Waals surface area contributed by atoms with Crippen LogP contribution in [0.2, 0.25) is 5.02 Å². The minimum absolute atomic E-state index is 0.0992. The monoisotopic (exact) mass is 375 g/mol. The summed E-state index contributed by atoms with van der Waals surface area (Å²) in [6.45, 7) is 0.0992. The van der Waals surface area contributed by atoms with E-state index in [9.17, 15) is 4.79 Å². The Balaban J connectivity index is 1.74. The molecule has 3 aromatic carbocycles. The van der Waals surface area contributed by atoms with E-state index in [-0.39, 0.29) is 18.5 Å². The van der Waals surface area contributed by atoms with Gasteiger partial charge < -0.3 is 5.32 Å². The summed E-state index contributed by atoms with van der Waals surface area (Å²) in [4.78, 5) is 12.4. The van der Waals surface area contributed by atoms with Crippen molar-refractivity contribution in [3.8, 4) is 6.07 Å². The summed E-state index contributed by atoms with van der Waals surface area (Å²) in [6.07, 6.45) is 0. The number of halogens is 1. The highest BCUT2D eigenvalue weighted by Crippen LogP contribution is 2.23. The van der Waals surface area contributed by atoms with E-state index in [2.05, 4.69) is 16.7 Å². The third-order valence-electron chi connectivity index (χ3n) is 4.12. The minimum Gasteiger partial charge on any atom is -0.324 e. The summed E-state index contributed by atoms with van der Waals surface area (Å²) in [5, 5.41) is 15.9. The average molecular weight is 376 g/mol. The van der Waals surface area contributed by atoms with Crippen LogP contribution in [0, 0.1) is 11.3 Å². The van der Waals surface area contributed by atoms with Crippen molar-refractivity contribution in [3.05, 3.63) is 101 Å². The fourth-order valence-corrected chi connectivity index (χ4v) is 2.93. The standard InChI is InChI=1S/C22H18ClN3O/c23-19-12-10-17(11-13-19)22(16-6-2-1-3-7-16)25-15-21(27)26-20-9-5-4-8-18(20)14-24/h1-13,22,25H,15H2,(H,26,27)/t22-/m1/s1. The molecule has 0 saturated carbocycles. The molecule has 0 fully saturated rings. The van der Waals surface area contributed by atoms with Crippen LogP contribution in [0.4, 0.5) is 5.69 Å². The summed E-state index contributed by atoms with van der Waals surface area (Å²) in [5.74, 6) is -0.215. The quantitative estimate of drug-likeness (QED) is 0.665. The Kier molecular flexibility index (Phi) is 6.22. The Morgan fingerprint density at radius 3 is 2.26 bits per heavy atom. The van der Waals surface area contributed by atoms with Crippen LogP contribution >= 0.6 is 11.6 Å². The maximum absolute atomic E-state index is 12.4. The van der Waals surface area contributed by atoms with Crippen molar-refractivity contribution >= 4 is 23.2 Å². The molecule has 0 aromatic heterocycles. The van der Waals surface area contributed by atoms with Crippen LogP contribution in [0.3, 0.4) is 0 Å². The highest BCUT2D eigenvalue weighted by Gasteiger charge is 2.15. The van der Waals surface area contributed by atoms with E-state index in [1.54, 1.807) is 24.3 Å². The lowest BCUT2D eigenvalue weighted by atomic mass is 9.99. The summed E-state index contributed by atoms with van der Waals surface area (Å²) in [5.41, 5.74) is 3.00. The van der Waals surface area contributed by atoms with Gasteiger partial charge in [-0.1, -0.05) is 66.2 Å². The topological polar surface area (TPSA) is 64.9 Å². The zero-order valence-corrected chi connectivity index (χ0v) is 15.3. The van der Waals surface area contributed by atoms with E-state index < -0.39 is 0 Å². The molecule has 0 aliphatic rings. The fourth-order valence-electron chi connectivity index (χ4n) is 2.81. The molecule has 0 aliphatic heterocycles. The van der Waals surface area contributed by atoms with Gasteiger partial charge in [0.25, 0.3) is 0 Å². The number of hydrogen-bond donors (Lipinski definition) is 2. The average Bonchev–Trinajstić information content (AvgIpc) is 2.70. The number of para-hydroxylation sites is 1. The van der Waals surface area contributed by atoms with E-state index in [4.69, 9.17) is 16.9 Å². The van der Waals surface area contributed by atoms with Gasteiger partial charge in [-0.25, -0.2) is 0 Å². The molecule has 27 heavy (non-hydrogen) atoms. The highest BCUT2D eigenvalue weighted by molar-refractivity contribution is 6.30. The maximum atomic E-state index is 12.4. The molecular formula is C22H18ClN3O. The third-order valence-corrected chi connectivity index (χ3v) is 4.38. The lowest BCUT2D eigenvalue weighted by Gasteiger charge is -2.20. The van der Waals surface area contributed by atoms with Crippen molar-refractivity contribution < 1.29 is 4.79 Å². The fraction of sp³-hybridized carbons (Fsp3) is 0.0909. The number of benzene rings is 3. The highest BCUT2D eigenvalue weighted by atomic mass is 35.5. The molecule has 1 amide bonds.